The summed E-state index contributed by atoms with van der Waals surface area (Å²) >= 11 is 0. The van der Waals surface area contributed by atoms with Crippen LogP contribution >= 0.6 is 0 Å². The van der Waals surface area contributed by atoms with Crippen LogP contribution in [0.5, 0.6) is 0 Å². The largest absolute Gasteiger partial charge is 0.389 e. The van der Waals surface area contributed by atoms with Crippen molar-refractivity contribution in [2.45, 2.75) is 50.4 Å². The molecule has 1 aliphatic carbocycles. The number of aliphatic hydroxyl groups excluding tert-OH is 1. The number of aliphatic hydroxyl groups is 1. The zero-order valence-electron chi connectivity index (χ0n) is 12.7. The molecule has 0 aromatic heterocycles. The number of nitrogens with one attached hydrogen (secondary N) is 1. The van der Waals surface area contributed by atoms with E-state index >= 15 is 0 Å². The van der Waals surface area contributed by atoms with E-state index in [-0.39, 0.29) is 6.10 Å². The monoisotopic (exact) mass is 286 g/mol. The predicted octanol–water partition coefficient (Wildman–Crippen LogP) is 0.617. The van der Waals surface area contributed by atoms with Gasteiger partial charge in [-0.05, 0) is 19.9 Å². The lowest BCUT2D eigenvalue weighted by Crippen LogP contribution is -2.46. The van der Waals surface area contributed by atoms with Crippen molar-refractivity contribution < 1.29 is 14.6 Å². The van der Waals surface area contributed by atoms with Crippen LogP contribution in [0.25, 0.3) is 0 Å². The molecular formula is C15H30N2O3. The SMILES string of the molecule is CN1CCOC(CNCC(O)COC2CCCCC2)C1. The van der Waals surface area contributed by atoms with Gasteiger partial charge in [0.15, 0.2) is 0 Å². The molecule has 0 amide bonds. The lowest BCUT2D eigenvalue weighted by Gasteiger charge is -2.30. The molecule has 0 spiro atoms. The Kier molecular flexibility index (Phi) is 7.24. The minimum atomic E-state index is -0.418. The highest BCUT2D eigenvalue weighted by atomic mass is 16.5. The van der Waals surface area contributed by atoms with Crippen molar-refractivity contribution >= 4 is 0 Å². The number of morpholine rings is 1. The lowest BCUT2D eigenvalue weighted by molar-refractivity contribution is -0.0311. The summed E-state index contributed by atoms with van der Waals surface area (Å²) in [6, 6.07) is 0. The maximum Gasteiger partial charge on any atom is 0.0897 e. The minimum absolute atomic E-state index is 0.236. The van der Waals surface area contributed by atoms with Gasteiger partial charge in [0, 0.05) is 26.2 Å². The highest BCUT2D eigenvalue weighted by Gasteiger charge is 2.18. The standard InChI is InChI=1S/C15H30N2O3/c1-17-7-8-19-15(11-17)10-16-9-13(18)12-20-14-5-3-2-4-6-14/h13-16,18H,2-12H2,1H3. The summed E-state index contributed by atoms with van der Waals surface area (Å²) in [4.78, 5) is 2.28. The summed E-state index contributed by atoms with van der Waals surface area (Å²) in [6.07, 6.45) is 6.37. The van der Waals surface area contributed by atoms with Gasteiger partial charge in [-0.3, -0.25) is 0 Å². The number of hydrogen-bond acceptors (Lipinski definition) is 5. The van der Waals surface area contributed by atoms with Crippen LogP contribution in [0.1, 0.15) is 32.1 Å². The Hall–Kier alpha value is -0.200. The normalized spacial score (nSPS) is 27.6. The van der Waals surface area contributed by atoms with Crippen molar-refractivity contribution in [1.29, 1.82) is 0 Å². The van der Waals surface area contributed by atoms with Crippen LogP contribution in [0.2, 0.25) is 0 Å². The van der Waals surface area contributed by atoms with E-state index < -0.39 is 6.10 Å². The van der Waals surface area contributed by atoms with Crippen molar-refractivity contribution in [1.82, 2.24) is 10.2 Å². The molecule has 0 radical (unpaired) electrons. The van der Waals surface area contributed by atoms with Gasteiger partial charge < -0.3 is 24.8 Å². The fraction of sp³-hybridized carbons (Fsp3) is 1.00. The van der Waals surface area contributed by atoms with Gasteiger partial charge in [-0.2, -0.15) is 0 Å². The summed E-state index contributed by atoms with van der Waals surface area (Å²) in [5, 5.41) is 13.2. The average Bonchev–Trinajstić information content (AvgIpc) is 2.46. The Labute approximate surface area is 122 Å². The second-order valence-corrected chi connectivity index (χ2v) is 6.16. The Morgan fingerprint density at radius 2 is 2.15 bits per heavy atom. The first-order chi connectivity index (χ1) is 9.74. The third kappa shape index (κ3) is 6.06. The highest BCUT2D eigenvalue weighted by Crippen LogP contribution is 2.20. The summed E-state index contributed by atoms with van der Waals surface area (Å²) in [6.45, 7) is 4.59. The van der Waals surface area contributed by atoms with Gasteiger partial charge in [-0.15, -0.1) is 0 Å². The van der Waals surface area contributed by atoms with Gasteiger partial charge in [0.2, 0.25) is 0 Å². The first-order valence-electron chi connectivity index (χ1n) is 8.04. The van der Waals surface area contributed by atoms with Gasteiger partial charge in [-0.1, -0.05) is 19.3 Å². The Balaban J connectivity index is 1.50. The van der Waals surface area contributed by atoms with Gasteiger partial charge in [-0.25, -0.2) is 0 Å². The quantitative estimate of drug-likeness (QED) is 0.718. The van der Waals surface area contributed by atoms with E-state index in [9.17, 15) is 5.11 Å². The van der Waals surface area contributed by atoms with Crippen molar-refractivity contribution in [2.75, 3.05) is 46.4 Å². The fourth-order valence-corrected chi connectivity index (χ4v) is 2.94. The third-order valence-corrected chi connectivity index (χ3v) is 4.17. The number of nitrogens with zero attached hydrogens (tertiary/aromatic N) is 1. The van der Waals surface area contributed by atoms with Crippen molar-refractivity contribution in [3.63, 3.8) is 0 Å². The molecule has 5 nitrogen and oxygen atoms in total. The Morgan fingerprint density at radius 3 is 2.90 bits per heavy atom. The Morgan fingerprint density at radius 1 is 1.35 bits per heavy atom. The van der Waals surface area contributed by atoms with E-state index in [0.717, 1.165) is 39.1 Å². The van der Waals surface area contributed by atoms with E-state index in [1.165, 1.54) is 19.3 Å². The molecule has 2 atom stereocenters. The van der Waals surface area contributed by atoms with Crippen LogP contribution in [0.15, 0.2) is 0 Å². The number of likely N-dealkylation sites (N-methyl/N-ethyl adjacent to an activating group) is 1. The van der Waals surface area contributed by atoms with E-state index in [1.807, 2.05) is 0 Å². The number of ether oxygens (including phenoxy) is 2. The van der Waals surface area contributed by atoms with Crippen LogP contribution in [-0.4, -0.2) is 74.8 Å². The summed E-state index contributed by atoms with van der Waals surface area (Å²) in [7, 11) is 2.11. The molecule has 20 heavy (non-hydrogen) atoms. The van der Waals surface area contributed by atoms with Gasteiger partial charge in [0.1, 0.15) is 0 Å². The van der Waals surface area contributed by atoms with E-state index in [4.69, 9.17) is 9.47 Å². The van der Waals surface area contributed by atoms with Crippen LogP contribution in [0.3, 0.4) is 0 Å². The maximum absolute atomic E-state index is 9.92. The van der Waals surface area contributed by atoms with Gasteiger partial charge >= 0.3 is 0 Å². The van der Waals surface area contributed by atoms with Gasteiger partial charge in [0.25, 0.3) is 0 Å². The lowest BCUT2D eigenvalue weighted by atomic mass is 9.98. The summed E-state index contributed by atoms with van der Waals surface area (Å²) < 4.78 is 11.4. The highest BCUT2D eigenvalue weighted by molar-refractivity contribution is 4.72. The van der Waals surface area contributed by atoms with Crippen molar-refractivity contribution in [2.24, 2.45) is 0 Å². The second kappa shape index (κ2) is 8.95. The topological polar surface area (TPSA) is 54.0 Å². The zero-order chi connectivity index (χ0) is 14.2. The number of hydrogen-bond donors (Lipinski definition) is 2. The first-order valence-corrected chi connectivity index (χ1v) is 8.04. The van der Waals surface area contributed by atoms with E-state index in [1.54, 1.807) is 0 Å². The predicted molar refractivity (Wildman–Crippen MR) is 78.9 cm³/mol. The molecular weight excluding hydrogens is 256 g/mol. The van der Waals surface area contributed by atoms with Crippen LogP contribution in [-0.2, 0) is 9.47 Å². The first kappa shape index (κ1) is 16.2. The summed E-state index contributed by atoms with van der Waals surface area (Å²) in [5.41, 5.74) is 0. The number of rotatable bonds is 7. The molecule has 1 saturated carbocycles. The second-order valence-electron chi connectivity index (χ2n) is 6.16. The molecule has 2 N–H and O–H groups in total. The van der Waals surface area contributed by atoms with E-state index in [0.29, 0.717) is 19.3 Å². The molecule has 0 aromatic carbocycles. The molecule has 118 valence electrons. The molecule has 2 unspecified atom stereocenters. The molecule has 1 aliphatic heterocycles. The average molecular weight is 286 g/mol. The molecule has 1 saturated heterocycles. The Bertz CT molecular complexity index is 260. The van der Waals surface area contributed by atoms with Gasteiger partial charge in [0.05, 0.1) is 31.5 Å². The van der Waals surface area contributed by atoms with Crippen LogP contribution in [0.4, 0.5) is 0 Å². The zero-order valence-corrected chi connectivity index (χ0v) is 12.7. The molecule has 5 heteroatoms. The smallest absolute Gasteiger partial charge is 0.0897 e. The van der Waals surface area contributed by atoms with Crippen LogP contribution < -0.4 is 5.32 Å². The minimum Gasteiger partial charge on any atom is -0.389 e. The molecule has 2 fully saturated rings. The maximum atomic E-state index is 9.92. The third-order valence-electron chi connectivity index (χ3n) is 4.17. The molecule has 2 aliphatic rings. The summed E-state index contributed by atoms with van der Waals surface area (Å²) in [5.74, 6) is 0. The van der Waals surface area contributed by atoms with E-state index in [2.05, 4.69) is 17.3 Å². The van der Waals surface area contributed by atoms with Crippen LogP contribution in [0, 0.1) is 0 Å². The molecule has 0 aromatic rings. The molecule has 2 rings (SSSR count). The molecule has 1 heterocycles. The van der Waals surface area contributed by atoms with Crippen molar-refractivity contribution in [3.8, 4) is 0 Å². The fourth-order valence-electron chi connectivity index (χ4n) is 2.94. The van der Waals surface area contributed by atoms with Crippen molar-refractivity contribution in [3.05, 3.63) is 0 Å². The molecule has 0 bridgehead atoms.